The maximum atomic E-state index is 5.42. The van der Waals surface area contributed by atoms with Crippen molar-refractivity contribution in [3.63, 3.8) is 0 Å². The molecule has 0 saturated heterocycles. The van der Waals surface area contributed by atoms with Crippen LogP contribution in [-0.2, 0) is 0 Å². The summed E-state index contributed by atoms with van der Waals surface area (Å²) >= 11 is 1.84. The lowest BCUT2D eigenvalue weighted by Crippen LogP contribution is -2.02. The first-order chi connectivity index (χ1) is 40.6. The lowest BCUT2D eigenvalue weighted by Gasteiger charge is -2.17. The van der Waals surface area contributed by atoms with Gasteiger partial charge in [0.25, 0.3) is 0 Å². The molecule has 0 fully saturated rings. The molecule has 5 heteroatoms. The van der Waals surface area contributed by atoms with Crippen LogP contribution < -0.4 is 0 Å². The van der Waals surface area contributed by atoms with Crippen LogP contribution in [0, 0.1) is 0 Å². The molecule has 16 aromatic rings. The van der Waals surface area contributed by atoms with E-state index < -0.39 is 0 Å². The number of fused-ring (bicyclic) bond motifs is 8. The average Bonchev–Trinajstić information content (AvgIpc) is 3.96. The van der Waals surface area contributed by atoms with Crippen molar-refractivity contribution in [2.75, 3.05) is 0 Å². The van der Waals surface area contributed by atoms with Gasteiger partial charge in [-0.2, -0.15) is 0 Å². The Balaban J connectivity index is 0.882. The summed E-state index contributed by atoms with van der Waals surface area (Å²) in [5.41, 5.74) is 17.6. The summed E-state index contributed by atoms with van der Waals surface area (Å²) < 4.78 is 4.99. The number of hydrogen-bond acceptors (Lipinski definition) is 4. The summed E-state index contributed by atoms with van der Waals surface area (Å²) in [6.45, 7) is 0. The van der Waals surface area contributed by atoms with Gasteiger partial charge in [-0.15, -0.1) is 11.3 Å². The molecule has 16 rings (SSSR count). The fourth-order valence-corrected chi connectivity index (χ4v) is 13.2. The van der Waals surface area contributed by atoms with E-state index in [0.29, 0.717) is 17.5 Å². The van der Waals surface area contributed by atoms with Crippen LogP contribution in [0.1, 0.15) is 0 Å². The summed E-state index contributed by atoms with van der Waals surface area (Å²) in [6.07, 6.45) is 0. The van der Waals surface area contributed by atoms with Gasteiger partial charge in [0.2, 0.25) is 0 Å². The Bertz CT molecular complexity index is 4870. The summed E-state index contributed by atoms with van der Waals surface area (Å²) in [5, 5.41) is 9.73. The van der Waals surface area contributed by atoms with Crippen molar-refractivity contribution in [1.82, 2.24) is 19.5 Å². The van der Waals surface area contributed by atoms with E-state index in [2.05, 4.69) is 296 Å². The molecule has 0 atom stereocenters. The zero-order chi connectivity index (χ0) is 54.1. The highest BCUT2D eigenvalue weighted by molar-refractivity contribution is 7.26. The molecule has 382 valence electrons. The molecule has 3 heterocycles. The largest absolute Gasteiger partial charge is 0.309 e. The van der Waals surface area contributed by atoms with Crippen molar-refractivity contribution in [2.45, 2.75) is 0 Å². The van der Waals surface area contributed by atoms with Crippen LogP contribution in [0.2, 0.25) is 0 Å². The van der Waals surface area contributed by atoms with Crippen LogP contribution in [0.15, 0.2) is 291 Å². The van der Waals surface area contributed by atoms with E-state index in [1.807, 2.05) is 11.3 Å². The third-order valence-corrected chi connectivity index (χ3v) is 17.4. The van der Waals surface area contributed by atoms with Gasteiger partial charge in [-0.3, -0.25) is 0 Å². The van der Waals surface area contributed by atoms with Crippen molar-refractivity contribution in [3.8, 4) is 95.5 Å². The molecule has 0 radical (unpaired) electrons. The number of hydrogen-bond donors (Lipinski definition) is 0. The quantitative estimate of drug-likeness (QED) is 0.145. The zero-order valence-electron chi connectivity index (χ0n) is 44.4. The van der Waals surface area contributed by atoms with Gasteiger partial charge in [-0.25, -0.2) is 15.0 Å². The summed E-state index contributed by atoms with van der Waals surface area (Å²) in [4.78, 5) is 16.1. The van der Waals surface area contributed by atoms with Gasteiger partial charge < -0.3 is 4.57 Å². The molecule has 82 heavy (non-hydrogen) atoms. The molecule has 0 bridgehead atoms. The lowest BCUT2D eigenvalue weighted by molar-refractivity contribution is 1.07. The van der Waals surface area contributed by atoms with E-state index >= 15 is 0 Å². The minimum absolute atomic E-state index is 0.593. The maximum Gasteiger partial charge on any atom is 0.164 e. The monoisotopic (exact) mass is 1060 g/mol. The first-order valence-corrected chi connectivity index (χ1v) is 28.6. The molecule has 0 aliphatic carbocycles. The Morgan fingerprint density at radius 1 is 0.244 bits per heavy atom. The molecular weight excluding hydrogens is 1010 g/mol. The summed E-state index contributed by atoms with van der Waals surface area (Å²) in [6, 6.07) is 105. The van der Waals surface area contributed by atoms with E-state index in [-0.39, 0.29) is 0 Å². The minimum Gasteiger partial charge on any atom is -0.309 e. The van der Waals surface area contributed by atoms with Gasteiger partial charge in [0.05, 0.1) is 16.7 Å². The predicted octanol–water partition coefficient (Wildman–Crippen LogP) is 21.0. The van der Waals surface area contributed by atoms with Crippen molar-refractivity contribution >= 4 is 74.9 Å². The van der Waals surface area contributed by atoms with Gasteiger partial charge >= 0.3 is 0 Å². The first kappa shape index (κ1) is 47.4. The Hall–Kier alpha value is -10.6. The van der Waals surface area contributed by atoms with E-state index in [1.54, 1.807) is 0 Å². The second kappa shape index (κ2) is 19.6. The molecule has 0 amide bonds. The van der Waals surface area contributed by atoms with Crippen LogP contribution in [0.25, 0.3) is 159 Å². The fraction of sp³-hybridized carbons (Fsp3) is 0. The second-order valence-corrected chi connectivity index (χ2v) is 22.2. The Morgan fingerprint density at radius 2 is 0.610 bits per heavy atom. The minimum atomic E-state index is 0.593. The van der Waals surface area contributed by atoms with Crippen LogP contribution in [0.4, 0.5) is 0 Å². The molecule has 0 spiro atoms. The SMILES string of the molecule is c1ccc(-c2ccc(-c3ccc(-c4nc(-c5ccc(-c6ccc(-c7ccccc7)cc6)cc5)nc(-c5ccc(-n6c7cc8ccccc8cc7c7cc8ccccc8cc76)c(-c6cccc7sc8ccccc8c67)c5)n4)cc3)cc2)cc1. The molecule has 4 nitrogen and oxygen atoms in total. The highest BCUT2D eigenvalue weighted by Gasteiger charge is 2.22. The van der Waals surface area contributed by atoms with Crippen molar-refractivity contribution in [1.29, 1.82) is 0 Å². The maximum absolute atomic E-state index is 5.42. The Labute approximate surface area is 478 Å². The molecular formula is C77H48N4S. The van der Waals surface area contributed by atoms with Gasteiger partial charge in [0.15, 0.2) is 17.5 Å². The van der Waals surface area contributed by atoms with Gasteiger partial charge in [-0.05, 0) is 126 Å². The zero-order valence-corrected chi connectivity index (χ0v) is 45.2. The smallest absolute Gasteiger partial charge is 0.164 e. The normalized spacial score (nSPS) is 11.7. The molecule has 0 N–H and O–H groups in total. The predicted molar refractivity (Wildman–Crippen MR) is 346 cm³/mol. The average molecular weight is 1060 g/mol. The van der Waals surface area contributed by atoms with Crippen LogP contribution >= 0.6 is 11.3 Å². The highest BCUT2D eigenvalue weighted by Crippen LogP contribution is 2.46. The first-order valence-electron chi connectivity index (χ1n) is 27.8. The molecule has 0 saturated carbocycles. The molecule has 3 aromatic heterocycles. The summed E-state index contributed by atoms with van der Waals surface area (Å²) in [7, 11) is 0. The summed E-state index contributed by atoms with van der Waals surface area (Å²) in [5.74, 6) is 1.80. The third kappa shape index (κ3) is 8.34. The second-order valence-electron chi connectivity index (χ2n) is 21.1. The highest BCUT2D eigenvalue weighted by atomic mass is 32.1. The van der Waals surface area contributed by atoms with Crippen molar-refractivity contribution in [2.24, 2.45) is 0 Å². The molecule has 0 aliphatic rings. The van der Waals surface area contributed by atoms with E-state index in [9.17, 15) is 0 Å². The third-order valence-electron chi connectivity index (χ3n) is 16.3. The standard InChI is InChI=1S/C77H48N4S/c1-3-14-49(15-4-1)51-26-30-53(31-27-51)55-34-38-57(39-35-55)75-78-76(58-40-36-56(37-41-58)54-32-28-52(29-33-54)50-16-5-2-6-17-50)80-77(79-75)63-42-43-69(66(46-63)64-23-13-25-73-74(64)65-22-11-12-24-72(65)82-73)81-70-47-61-20-9-7-18-59(61)44-67(70)68-45-60-19-8-10-21-62(60)48-71(68)81/h1-48H. The Kier molecular flexibility index (Phi) is 11.4. The van der Waals surface area contributed by atoms with Gasteiger partial charge in [0.1, 0.15) is 0 Å². The fourth-order valence-electron chi connectivity index (χ4n) is 12.1. The van der Waals surface area contributed by atoms with Crippen molar-refractivity contribution < 1.29 is 0 Å². The van der Waals surface area contributed by atoms with Gasteiger partial charge in [-0.1, -0.05) is 237 Å². The Morgan fingerprint density at radius 3 is 1.09 bits per heavy atom. The number of aromatic nitrogens is 4. The topological polar surface area (TPSA) is 43.6 Å². The van der Waals surface area contributed by atoms with E-state index in [0.717, 1.165) is 66.8 Å². The molecule has 13 aromatic carbocycles. The van der Waals surface area contributed by atoms with Gasteiger partial charge in [0, 0.05) is 53.2 Å². The number of thiophene rings is 1. The number of rotatable bonds is 9. The van der Waals surface area contributed by atoms with Crippen molar-refractivity contribution in [3.05, 3.63) is 291 Å². The van der Waals surface area contributed by atoms with E-state index in [1.165, 1.54) is 74.7 Å². The van der Waals surface area contributed by atoms with E-state index in [4.69, 9.17) is 15.0 Å². The number of benzene rings is 13. The lowest BCUT2D eigenvalue weighted by atomic mass is 9.95. The van der Waals surface area contributed by atoms with Crippen LogP contribution in [-0.4, -0.2) is 19.5 Å². The molecule has 0 aliphatic heterocycles. The molecule has 0 unspecified atom stereocenters. The van der Waals surface area contributed by atoms with Crippen LogP contribution in [0.3, 0.4) is 0 Å². The number of nitrogens with zero attached hydrogens (tertiary/aromatic N) is 4. The van der Waals surface area contributed by atoms with Crippen LogP contribution in [0.5, 0.6) is 0 Å².